The number of fused-ring (bicyclic) bond motifs is 1. The highest BCUT2D eigenvalue weighted by molar-refractivity contribution is 7.27. The molecule has 0 saturated carbocycles. The summed E-state index contributed by atoms with van der Waals surface area (Å²) < 4.78 is 7.19. The molecule has 2 amide bonds. The van der Waals surface area contributed by atoms with Crippen molar-refractivity contribution >= 4 is 50.4 Å². The number of carbonyl (C=O) groups excluding carboxylic acids is 3. The average molecular weight is 784 g/mol. The van der Waals surface area contributed by atoms with Crippen molar-refractivity contribution in [2.24, 2.45) is 0 Å². The number of amides is 2. The Bertz CT molecular complexity index is 1950. The van der Waals surface area contributed by atoms with Gasteiger partial charge in [-0.15, -0.1) is 22.7 Å². The normalized spacial score (nSPS) is 13.2. The fourth-order valence-corrected chi connectivity index (χ4v) is 8.15. The molecule has 8 rings (SSSR count). The molecule has 292 valence electrons. The lowest BCUT2D eigenvalue weighted by molar-refractivity contribution is -0.131. The molecule has 2 aliphatic rings. The Morgan fingerprint density at radius 3 is 1.87 bits per heavy atom. The maximum absolute atomic E-state index is 11.3. The van der Waals surface area contributed by atoms with E-state index in [9.17, 15) is 14.4 Å². The van der Waals surface area contributed by atoms with Crippen molar-refractivity contribution < 1.29 is 19.1 Å². The zero-order valence-corrected chi connectivity index (χ0v) is 33.9. The van der Waals surface area contributed by atoms with Crippen LogP contribution in [0.1, 0.15) is 58.4 Å². The van der Waals surface area contributed by atoms with E-state index in [1.165, 1.54) is 65.4 Å². The van der Waals surface area contributed by atoms with Crippen molar-refractivity contribution in [3.63, 3.8) is 0 Å². The zero-order chi connectivity index (χ0) is 39.3. The highest BCUT2D eigenvalue weighted by atomic mass is 32.1. The number of imidazole rings is 2. The fraction of sp³-hybridized carbons (Fsp3) is 0.357. The van der Waals surface area contributed by atoms with Crippen molar-refractivity contribution in [2.75, 3.05) is 39.8 Å². The summed E-state index contributed by atoms with van der Waals surface area (Å²) in [7, 11) is 2.17. The molecule has 4 aromatic heterocycles. The quantitative estimate of drug-likeness (QED) is 0.132. The number of aromatic amines is 2. The summed E-state index contributed by atoms with van der Waals surface area (Å²) in [5, 5.41) is 6.94. The second-order valence-corrected chi connectivity index (χ2v) is 14.8. The third-order valence-electron chi connectivity index (χ3n) is 8.52. The minimum atomic E-state index is -0.150. The van der Waals surface area contributed by atoms with E-state index in [-0.39, 0.29) is 18.4 Å². The van der Waals surface area contributed by atoms with E-state index < -0.39 is 0 Å². The van der Waals surface area contributed by atoms with Crippen molar-refractivity contribution in [1.82, 2.24) is 35.1 Å². The molecule has 55 heavy (non-hydrogen) atoms. The average Bonchev–Trinajstić information content (AvgIpc) is 4.05. The second-order valence-electron chi connectivity index (χ2n) is 13.1. The lowest BCUT2D eigenvalue weighted by Crippen LogP contribution is -2.37. The number of rotatable bonds is 8. The number of aromatic nitrogens is 4. The van der Waals surface area contributed by atoms with Gasteiger partial charge in [-0.3, -0.25) is 14.4 Å². The standard InChI is InChI=1S/C18H12N4S2.C8H14N2O2.C8H8O2.C5H11N.C3H8/c1-3-12(15-5-19-9-21-15)4-2-11(1)13-7-23-18-14(8-24-17(13)18)16-6-20-10-22-16;1-7(11)9-6-8(12)10-4-2-3-5-10;9-7-10-6-8-4-2-1-3-5-8;1-6-4-2-3-5-6;1-3-2/h1-10H,(H,19,21)(H,20,22);2-6H2,1H3,(H,9,11);1-5,7H,6H2;2-5H2,1H3;3H2,1-2H3. The Morgan fingerprint density at radius 1 is 0.800 bits per heavy atom. The van der Waals surface area contributed by atoms with Gasteiger partial charge in [-0.2, -0.15) is 0 Å². The maximum Gasteiger partial charge on any atom is 0.293 e. The van der Waals surface area contributed by atoms with E-state index in [4.69, 9.17) is 0 Å². The molecule has 6 heterocycles. The van der Waals surface area contributed by atoms with Gasteiger partial charge in [-0.25, -0.2) is 9.97 Å². The van der Waals surface area contributed by atoms with Crippen LogP contribution in [-0.2, 0) is 25.7 Å². The topological polar surface area (TPSA) is 136 Å². The number of nitrogens with zero attached hydrogens (tertiary/aromatic N) is 4. The van der Waals surface area contributed by atoms with Crippen LogP contribution in [0, 0.1) is 0 Å². The van der Waals surface area contributed by atoms with Crippen LogP contribution in [0.25, 0.3) is 43.0 Å². The van der Waals surface area contributed by atoms with Gasteiger partial charge in [0.2, 0.25) is 11.8 Å². The summed E-state index contributed by atoms with van der Waals surface area (Å²) in [6, 6.07) is 18.2. The van der Waals surface area contributed by atoms with E-state index in [2.05, 4.69) is 90.8 Å². The molecule has 2 saturated heterocycles. The SMILES string of the molecule is CC(=O)NCC(=O)N1CCCC1.CCC.CN1CCCC1.O=COCc1ccccc1.c1ncc(-c2ccc(-c3csc4c(-c5cnc[nH]5)csc34)cc2)[nH]1. The minimum Gasteiger partial charge on any atom is -0.463 e. The lowest BCUT2D eigenvalue weighted by Gasteiger charge is -2.14. The molecule has 3 N–H and O–H groups in total. The molecule has 11 nitrogen and oxygen atoms in total. The number of likely N-dealkylation sites (tertiary alicyclic amines) is 2. The Balaban J connectivity index is 0.000000182. The number of carbonyl (C=O) groups is 3. The van der Waals surface area contributed by atoms with Crippen molar-refractivity contribution in [3.05, 3.63) is 96.0 Å². The third kappa shape index (κ3) is 13.9. The Labute approximate surface area is 332 Å². The number of hydrogen-bond acceptors (Lipinski definition) is 9. The largest absolute Gasteiger partial charge is 0.463 e. The molecule has 0 unspecified atom stereocenters. The molecular formula is C42H53N7O4S2. The number of H-pyrrole nitrogens is 2. The van der Waals surface area contributed by atoms with Gasteiger partial charge in [0, 0.05) is 41.9 Å². The zero-order valence-electron chi connectivity index (χ0n) is 32.3. The molecule has 0 bridgehead atoms. The summed E-state index contributed by atoms with van der Waals surface area (Å²) in [6.45, 7) is 11.0. The predicted molar refractivity (Wildman–Crippen MR) is 225 cm³/mol. The number of benzene rings is 2. The van der Waals surface area contributed by atoms with Gasteiger partial charge in [0.25, 0.3) is 6.47 Å². The van der Waals surface area contributed by atoms with E-state index in [1.54, 1.807) is 40.2 Å². The molecule has 2 fully saturated rings. The molecule has 0 radical (unpaired) electrons. The van der Waals surface area contributed by atoms with Crippen molar-refractivity contribution in [1.29, 1.82) is 0 Å². The van der Waals surface area contributed by atoms with E-state index in [0.29, 0.717) is 13.1 Å². The lowest BCUT2D eigenvalue weighted by atomic mass is 10.1. The molecule has 13 heteroatoms. The Hall–Kier alpha value is -5.11. The molecule has 2 aromatic carbocycles. The monoisotopic (exact) mass is 783 g/mol. The van der Waals surface area contributed by atoms with Crippen LogP contribution in [0.3, 0.4) is 0 Å². The first-order valence-corrected chi connectivity index (χ1v) is 20.5. The minimum absolute atomic E-state index is 0.0303. The van der Waals surface area contributed by atoms with Crippen LogP contribution in [0.2, 0.25) is 0 Å². The molecule has 0 spiro atoms. The van der Waals surface area contributed by atoms with Gasteiger partial charge >= 0.3 is 0 Å². The van der Waals surface area contributed by atoms with Gasteiger partial charge in [0.05, 0.1) is 52.4 Å². The first-order valence-electron chi connectivity index (χ1n) is 18.7. The van der Waals surface area contributed by atoms with Crippen LogP contribution >= 0.6 is 22.7 Å². The molecule has 6 aromatic rings. The first kappa shape index (κ1) is 42.6. The molecule has 2 aliphatic heterocycles. The molecule has 0 atom stereocenters. The highest BCUT2D eigenvalue weighted by Crippen LogP contribution is 2.43. The van der Waals surface area contributed by atoms with E-state index in [0.717, 1.165) is 48.4 Å². The fourth-order valence-electron chi connectivity index (χ4n) is 5.71. The van der Waals surface area contributed by atoms with Gasteiger partial charge < -0.3 is 29.8 Å². The summed E-state index contributed by atoms with van der Waals surface area (Å²) in [5.74, 6) is -0.120. The van der Waals surface area contributed by atoms with Gasteiger partial charge in [-0.1, -0.05) is 74.9 Å². The molecular weight excluding hydrogens is 731 g/mol. The van der Waals surface area contributed by atoms with E-state index >= 15 is 0 Å². The summed E-state index contributed by atoms with van der Waals surface area (Å²) in [5.41, 5.74) is 8.03. The van der Waals surface area contributed by atoms with Crippen LogP contribution in [-0.4, -0.2) is 87.8 Å². The number of nitrogens with one attached hydrogen (secondary N) is 3. The van der Waals surface area contributed by atoms with Crippen LogP contribution in [0.15, 0.2) is 90.4 Å². The van der Waals surface area contributed by atoms with Gasteiger partial charge in [0.15, 0.2) is 0 Å². The van der Waals surface area contributed by atoms with Crippen LogP contribution < -0.4 is 5.32 Å². The second kappa shape index (κ2) is 23.6. The van der Waals surface area contributed by atoms with Gasteiger partial charge in [-0.05, 0) is 62.5 Å². The predicted octanol–water partition coefficient (Wildman–Crippen LogP) is 8.64. The third-order valence-corrected chi connectivity index (χ3v) is 10.7. The van der Waals surface area contributed by atoms with Crippen molar-refractivity contribution in [2.45, 2.75) is 59.5 Å². The number of thiophene rings is 2. The maximum atomic E-state index is 11.3. The smallest absolute Gasteiger partial charge is 0.293 e. The number of hydrogen-bond donors (Lipinski definition) is 3. The Morgan fingerprint density at radius 2 is 1.35 bits per heavy atom. The van der Waals surface area contributed by atoms with Crippen molar-refractivity contribution in [3.8, 4) is 33.6 Å². The Kier molecular flexibility index (Phi) is 18.3. The molecule has 0 aliphatic carbocycles. The highest BCUT2D eigenvalue weighted by Gasteiger charge is 2.17. The first-order chi connectivity index (χ1) is 26.8. The summed E-state index contributed by atoms with van der Waals surface area (Å²) in [4.78, 5) is 50.2. The summed E-state index contributed by atoms with van der Waals surface area (Å²) in [6.07, 6.45) is 13.4. The van der Waals surface area contributed by atoms with Crippen LogP contribution in [0.4, 0.5) is 0 Å². The van der Waals surface area contributed by atoms with E-state index in [1.807, 2.05) is 42.7 Å². The van der Waals surface area contributed by atoms with Crippen LogP contribution in [0.5, 0.6) is 0 Å². The summed E-state index contributed by atoms with van der Waals surface area (Å²) >= 11 is 3.58. The van der Waals surface area contributed by atoms with Gasteiger partial charge in [0.1, 0.15) is 6.61 Å². The number of ether oxygens (including phenoxy) is 1.